The van der Waals surface area contributed by atoms with Crippen molar-refractivity contribution >= 4 is 19.2 Å². The summed E-state index contributed by atoms with van der Waals surface area (Å²) >= 11 is 5.63. The van der Waals surface area contributed by atoms with E-state index in [0.29, 0.717) is 25.0 Å². The zero-order chi connectivity index (χ0) is 11.3. The van der Waals surface area contributed by atoms with Crippen LogP contribution < -0.4 is 0 Å². The number of rotatable bonds is 8. The zero-order valence-electron chi connectivity index (χ0n) is 9.45. The second-order valence-corrected chi connectivity index (χ2v) is 6.41. The van der Waals surface area contributed by atoms with Gasteiger partial charge in [-0.3, -0.25) is 4.57 Å². The van der Waals surface area contributed by atoms with Crippen LogP contribution in [0.3, 0.4) is 0 Å². The van der Waals surface area contributed by atoms with Gasteiger partial charge in [0.1, 0.15) is 0 Å². The topological polar surface area (TPSA) is 35.5 Å². The fraction of sp³-hybridized carbons (Fsp3) is 1.00. The van der Waals surface area contributed by atoms with E-state index in [1.54, 1.807) is 0 Å². The van der Waals surface area contributed by atoms with Crippen molar-refractivity contribution < 1.29 is 13.6 Å². The van der Waals surface area contributed by atoms with Gasteiger partial charge in [0.2, 0.25) is 0 Å². The van der Waals surface area contributed by atoms with Gasteiger partial charge in [-0.2, -0.15) is 0 Å². The molecule has 2 atom stereocenters. The predicted molar refractivity (Wildman–Crippen MR) is 62.7 cm³/mol. The molecule has 0 aromatic heterocycles. The smallest absolute Gasteiger partial charge is 0.309 e. The van der Waals surface area contributed by atoms with Crippen LogP contribution in [0.25, 0.3) is 0 Å². The molecule has 0 bridgehead atoms. The maximum atomic E-state index is 12.3. The SMILES string of the molecule is CCOP(=O)(OCC)C1CC1CCCCl. The normalized spacial score (nSPS) is 25.5. The Hall–Kier alpha value is 0.440. The average molecular weight is 255 g/mol. The number of halogens is 1. The lowest BCUT2D eigenvalue weighted by Crippen LogP contribution is -2.02. The van der Waals surface area contributed by atoms with Gasteiger partial charge in [0, 0.05) is 5.88 Å². The van der Waals surface area contributed by atoms with Gasteiger partial charge < -0.3 is 9.05 Å². The molecule has 1 rings (SSSR count). The molecule has 1 aliphatic carbocycles. The maximum absolute atomic E-state index is 12.3. The molecule has 0 aliphatic heterocycles. The lowest BCUT2D eigenvalue weighted by molar-refractivity contribution is 0.217. The van der Waals surface area contributed by atoms with Gasteiger partial charge in [-0.1, -0.05) is 0 Å². The molecule has 90 valence electrons. The summed E-state index contributed by atoms with van der Waals surface area (Å²) in [5, 5.41) is 0. The van der Waals surface area contributed by atoms with E-state index in [1.165, 1.54) is 0 Å². The molecule has 1 aliphatic rings. The molecular formula is C10H20ClO3P. The number of hydrogen-bond donors (Lipinski definition) is 0. The highest BCUT2D eigenvalue weighted by Gasteiger charge is 2.51. The fourth-order valence-corrected chi connectivity index (χ4v) is 4.38. The van der Waals surface area contributed by atoms with Gasteiger partial charge in [-0.05, 0) is 39.0 Å². The quantitative estimate of drug-likeness (QED) is 0.490. The summed E-state index contributed by atoms with van der Waals surface area (Å²) in [7, 11) is -2.82. The first-order valence-corrected chi connectivity index (χ1v) is 7.77. The summed E-state index contributed by atoms with van der Waals surface area (Å²) in [6.07, 6.45) is 2.99. The highest BCUT2D eigenvalue weighted by molar-refractivity contribution is 7.55. The van der Waals surface area contributed by atoms with Crippen LogP contribution in [0, 0.1) is 5.92 Å². The lowest BCUT2D eigenvalue weighted by atomic mass is 10.2. The van der Waals surface area contributed by atoms with E-state index in [1.807, 2.05) is 13.8 Å². The summed E-state index contributed by atoms with van der Waals surface area (Å²) < 4.78 is 22.9. The maximum Gasteiger partial charge on any atom is 0.333 e. The monoisotopic (exact) mass is 254 g/mol. The Bertz CT molecular complexity index is 225. The van der Waals surface area contributed by atoms with Crippen LogP contribution in [0.5, 0.6) is 0 Å². The van der Waals surface area contributed by atoms with E-state index >= 15 is 0 Å². The molecule has 0 aromatic rings. The van der Waals surface area contributed by atoms with Crippen LogP contribution in [-0.4, -0.2) is 24.8 Å². The molecule has 0 radical (unpaired) electrons. The molecule has 2 unspecified atom stereocenters. The van der Waals surface area contributed by atoms with Gasteiger partial charge in [0.05, 0.1) is 18.9 Å². The van der Waals surface area contributed by atoms with Crippen molar-refractivity contribution in [3.8, 4) is 0 Å². The van der Waals surface area contributed by atoms with Crippen LogP contribution >= 0.6 is 19.2 Å². The lowest BCUT2D eigenvalue weighted by Gasteiger charge is -2.16. The van der Waals surface area contributed by atoms with Crippen molar-refractivity contribution in [1.29, 1.82) is 0 Å². The predicted octanol–water partition coefficient (Wildman–Crippen LogP) is 3.66. The third kappa shape index (κ3) is 3.74. The Balaban J connectivity index is 2.42. The van der Waals surface area contributed by atoms with Gasteiger partial charge in [0.15, 0.2) is 0 Å². The van der Waals surface area contributed by atoms with E-state index < -0.39 is 7.60 Å². The minimum absolute atomic E-state index is 0.126. The van der Waals surface area contributed by atoms with E-state index in [-0.39, 0.29) is 5.66 Å². The molecule has 3 nitrogen and oxygen atoms in total. The molecule has 0 amide bonds. The molecule has 0 heterocycles. The van der Waals surface area contributed by atoms with Crippen molar-refractivity contribution in [2.75, 3.05) is 19.1 Å². The van der Waals surface area contributed by atoms with Crippen molar-refractivity contribution in [3.05, 3.63) is 0 Å². The molecule has 1 fully saturated rings. The molecule has 15 heavy (non-hydrogen) atoms. The summed E-state index contributed by atoms with van der Waals surface area (Å²) in [5.74, 6) is 1.17. The summed E-state index contributed by atoms with van der Waals surface area (Å²) in [5.41, 5.74) is 0.126. The van der Waals surface area contributed by atoms with Gasteiger partial charge in [0.25, 0.3) is 0 Å². The molecular weight excluding hydrogens is 235 g/mol. The Labute approximate surface area is 97.0 Å². The third-order valence-corrected chi connectivity index (χ3v) is 5.57. The van der Waals surface area contributed by atoms with E-state index in [2.05, 4.69) is 0 Å². The first-order valence-electron chi connectivity index (χ1n) is 5.62. The molecule has 0 saturated heterocycles. The largest absolute Gasteiger partial charge is 0.333 e. The van der Waals surface area contributed by atoms with Crippen LogP contribution in [0.4, 0.5) is 0 Å². The van der Waals surface area contributed by atoms with Gasteiger partial charge in [-0.15, -0.1) is 11.6 Å². The zero-order valence-corrected chi connectivity index (χ0v) is 11.1. The molecule has 0 N–H and O–H groups in total. The van der Waals surface area contributed by atoms with E-state index in [0.717, 1.165) is 19.3 Å². The summed E-state index contributed by atoms with van der Waals surface area (Å²) in [4.78, 5) is 0. The average Bonchev–Trinajstić information content (AvgIpc) is 2.95. The van der Waals surface area contributed by atoms with Gasteiger partial charge >= 0.3 is 7.60 Å². The number of hydrogen-bond acceptors (Lipinski definition) is 3. The van der Waals surface area contributed by atoms with E-state index in [9.17, 15) is 4.57 Å². The number of alkyl halides is 1. The Morgan fingerprint density at radius 3 is 2.40 bits per heavy atom. The second kappa shape index (κ2) is 6.24. The summed E-state index contributed by atoms with van der Waals surface area (Å²) in [6.45, 7) is 4.61. The fourth-order valence-electron chi connectivity index (χ4n) is 1.86. The van der Waals surface area contributed by atoms with Crippen molar-refractivity contribution in [2.24, 2.45) is 5.92 Å². The van der Waals surface area contributed by atoms with Crippen molar-refractivity contribution in [1.82, 2.24) is 0 Å². The summed E-state index contributed by atoms with van der Waals surface area (Å²) in [6, 6.07) is 0. The van der Waals surface area contributed by atoms with Crippen LogP contribution in [0.1, 0.15) is 33.1 Å². The second-order valence-electron chi connectivity index (χ2n) is 3.77. The Morgan fingerprint density at radius 2 is 1.93 bits per heavy atom. The highest BCUT2D eigenvalue weighted by Crippen LogP contribution is 2.66. The molecule has 0 aromatic carbocycles. The van der Waals surface area contributed by atoms with Gasteiger partial charge in [-0.25, -0.2) is 0 Å². The first-order chi connectivity index (χ1) is 7.18. The molecule has 1 saturated carbocycles. The van der Waals surface area contributed by atoms with Crippen molar-refractivity contribution in [3.63, 3.8) is 0 Å². The molecule has 5 heteroatoms. The minimum Gasteiger partial charge on any atom is -0.309 e. The third-order valence-electron chi connectivity index (χ3n) is 2.62. The molecule has 0 spiro atoms. The Kier molecular flexibility index (Phi) is 5.62. The van der Waals surface area contributed by atoms with Crippen molar-refractivity contribution in [2.45, 2.75) is 38.8 Å². The van der Waals surface area contributed by atoms with E-state index in [4.69, 9.17) is 20.6 Å². The Morgan fingerprint density at radius 1 is 1.33 bits per heavy atom. The van der Waals surface area contributed by atoms with Crippen LogP contribution in [0.2, 0.25) is 0 Å². The first kappa shape index (κ1) is 13.5. The van der Waals surface area contributed by atoms with Crippen LogP contribution in [0.15, 0.2) is 0 Å². The highest BCUT2D eigenvalue weighted by atomic mass is 35.5. The van der Waals surface area contributed by atoms with Crippen LogP contribution in [-0.2, 0) is 13.6 Å². The minimum atomic E-state index is -2.82. The standard InChI is InChI=1S/C10H20ClO3P/c1-3-13-15(12,14-4-2)10-8-9(10)6-5-7-11/h9-10H,3-8H2,1-2H3.